The van der Waals surface area contributed by atoms with Gasteiger partial charge >= 0.3 is 0 Å². The van der Waals surface area contributed by atoms with Crippen LogP contribution >= 0.6 is 22.9 Å². The molecule has 3 N–H and O–H groups in total. The zero-order chi connectivity index (χ0) is 11.5. The zero-order valence-electron chi connectivity index (χ0n) is 8.34. The van der Waals surface area contributed by atoms with Crippen molar-refractivity contribution >= 4 is 34.3 Å². The molecule has 0 saturated carbocycles. The number of rotatable bonds is 3. The zero-order valence-corrected chi connectivity index (χ0v) is 9.91. The van der Waals surface area contributed by atoms with Gasteiger partial charge in [-0.3, -0.25) is 0 Å². The molecular formula is C11H10ClFN2S. The Morgan fingerprint density at radius 3 is 2.88 bits per heavy atom. The predicted octanol–water partition coefficient (Wildman–Crippen LogP) is 3.73. The monoisotopic (exact) mass is 256 g/mol. The SMILES string of the molecule is Nc1ccsc1CNc1cc(Cl)ccc1F. The number of nitrogens with two attached hydrogens (primary N) is 1. The lowest BCUT2D eigenvalue weighted by atomic mass is 10.3. The van der Waals surface area contributed by atoms with Gasteiger partial charge in [-0.05, 0) is 29.6 Å². The first-order valence-electron chi connectivity index (χ1n) is 4.67. The third-order valence-electron chi connectivity index (χ3n) is 2.15. The van der Waals surface area contributed by atoms with Gasteiger partial charge in [-0.2, -0.15) is 0 Å². The minimum atomic E-state index is -0.320. The van der Waals surface area contributed by atoms with Crippen LogP contribution in [0, 0.1) is 5.82 Å². The fourth-order valence-corrected chi connectivity index (χ4v) is 2.21. The molecule has 1 heterocycles. The molecule has 5 heteroatoms. The third kappa shape index (κ3) is 2.46. The smallest absolute Gasteiger partial charge is 0.146 e. The van der Waals surface area contributed by atoms with Crippen molar-refractivity contribution in [3.05, 3.63) is 45.4 Å². The minimum Gasteiger partial charge on any atom is -0.398 e. The van der Waals surface area contributed by atoms with Crippen LogP contribution in [-0.2, 0) is 6.54 Å². The Morgan fingerprint density at radius 2 is 2.19 bits per heavy atom. The van der Waals surface area contributed by atoms with Gasteiger partial charge < -0.3 is 11.1 Å². The Hall–Kier alpha value is -1.26. The maximum Gasteiger partial charge on any atom is 0.146 e. The lowest BCUT2D eigenvalue weighted by molar-refractivity contribution is 0.630. The number of thiophene rings is 1. The summed E-state index contributed by atoms with van der Waals surface area (Å²) in [6.07, 6.45) is 0. The molecule has 0 aliphatic heterocycles. The van der Waals surface area contributed by atoms with E-state index >= 15 is 0 Å². The average Bonchev–Trinajstić information content (AvgIpc) is 2.66. The molecule has 0 spiro atoms. The molecule has 16 heavy (non-hydrogen) atoms. The first kappa shape index (κ1) is 11.2. The predicted molar refractivity (Wildman–Crippen MR) is 67.5 cm³/mol. The van der Waals surface area contributed by atoms with Gasteiger partial charge in [0.2, 0.25) is 0 Å². The molecule has 0 radical (unpaired) electrons. The second-order valence-corrected chi connectivity index (χ2v) is 4.71. The molecule has 0 fully saturated rings. The van der Waals surface area contributed by atoms with Gasteiger partial charge in [0.05, 0.1) is 12.2 Å². The summed E-state index contributed by atoms with van der Waals surface area (Å²) in [7, 11) is 0. The summed E-state index contributed by atoms with van der Waals surface area (Å²) < 4.78 is 13.3. The van der Waals surface area contributed by atoms with E-state index in [1.54, 1.807) is 6.07 Å². The number of anilines is 2. The van der Waals surface area contributed by atoms with Crippen molar-refractivity contribution in [2.45, 2.75) is 6.54 Å². The molecule has 0 unspecified atom stereocenters. The molecule has 2 rings (SSSR count). The molecule has 84 valence electrons. The van der Waals surface area contributed by atoms with Crippen molar-refractivity contribution in [3.63, 3.8) is 0 Å². The Morgan fingerprint density at radius 1 is 1.38 bits per heavy atom. The summed E-state index contributed by atoms with van der Waals surface area (Å²) >= 11 is 7.32. The summed E-state index contributed by atoms with van der Waals surface area (Å²) in [4.78, 5) is 0.986. The van der Waals surface area contributed by atoms with Gasteiger partial charge in [-0.15, -0.1) is 11.3 Å². The molecule has 1 aromatic heterocycles. The summed E-state index contributed by atoms with van der Waals surface area (Å²) in [5, 5.41) is 5.37. The fourth-order valence-electron chi connectivity index (χ4n) is 1.30. The molecule has 0 aliphatic rings. The highest BCUT2D eigenvalue weighted by atomic mass is 35.5. The quantitative estimate of drug-likeness (QED) is 0.878. The van der Waals surface area contributed by atoms with Crippen LogP contribution in [0.25, 0.3) is 0 Å². The van der Waals surface area contributed by atoms with E-state index in [2.05, 4.69) is 5.32 Å². The topological polar surface area (TPSA) is 38.0 Å². The molecule has 2 nitrogen and oxygen atoms in total. The highest BCUT2D eigenvalue weighted by Crippen LogP contribution is 2.23. The van der Waals surface area contributed by atoms with Crippen molar-refractivity contribution in [3.8, 4) is 0 Å². The summed E-state index contributed by atoms with van der Waals surface area (Å²) in [6.45, 7) is 0.501. The second-order valence-electron chi connectivity index (χ2n) is 3.28. The van der Waals surface area contributed by atoms with E-state index in [4.69, 9.17) is 17.3 Å². The van der Waals surface area contributed by atoms with Crippen LogP contribution in [-0.4, -0.2) is 0 Å². The largest absolute Gasteiger partial charge is 0.398 e. The highest BCUT2D eigenvalue weighted by molar-refractivity contribution is 7.10. The van der Waals surface area contributed by atoms with Crippen molar-refractivity contribution in [2.75, 3.05) is 11.1 Å². The van der Waals surface area contributed by atoms with Crippen LogP contribution in [0.1, 0.15) is 4.88 Å². The summed E-state index contributed by atoms with van der Waals surface area (Å²) in [5.74, 6) is -0.320. The average molecular weight is 257 g/mol. The third-order valence-corrected chi connectivity index (χ3v) is 3.32. The summed E-state index contributed by atoms with van der Waals surface area (Å²) in [5.41, 5.74) is 6.83. The summed E-state index contributed by atoms with van der Waals surface area (Å²) in [6, 6.07) is 6.24. The second kappa shape index (κ2) is 4.72. The van der Waals surface area contributed by atoms with Crippen molar-refractivity contribution < 1.29 is 4.39 Å². The molecular weight excluding hydrogens is 247 g/mol. The van der Waals surface area contributed by atoms with Crippen LogP contribution in [0.15, 0.2) is 29.6 Å². The molecule has 0 aliphatic carbocycles. The van der Waals surface area contributed by atoms with E-state index in [-0.39, 0.29) is 5.82 Å². The van der Waals surface area contributed by atoms with Crippen LogP contribution < -0.4 is 11.1 Å². The first-order valence-corrected chi connectivity index (χ1v) is 5.93. The number of halogens is 2. The highest BCUT2D eigenvalue weighted by Gasteiger charge is 2.04. The molecule has 0 saturated heterocycles. The van der Waals surface area contributed by atoms with Crippen LogP contribution in [0.4, 0.5) is 15.8 Å². The van der Waals surface area contributed by atoms with E-state index < -0.39 is 0 Å². The number of hydrogen-bond acceptors (Lipinski definition) is 3. The van der Waals surface area contributed by atoms with Gasteiger partial charge in [0.15, 0.2) is 0 Å². The Balaban J connectivity index is 2.10. The van der Waals surface area contributed by atoms with E-state index in [1.807, 2.05) is 11.4 Å². The lowest BCUT2D eigenvalue weighted by Gasteiger charge is -2.07. The Kier molecular flexibility index (Phi) is 3.31. The number of nitrogen functional groups attached to an aromatic ring is 1. The maximum absolute atomic E-state index is 13.3. The number of nitrogens with one attached hydrogen (secondary N) is 1. The normalized spacial score (nSPS) is 10.4. The van der Waals surface area contributed by atoms with Gasteiger partial charge in [-0.25, -0.2) is 4.39 Å². The van der Waals surface area contributed by atoms with Gasteiger partial charge in [0.1, 0.15) is 5.82 Å². The molecule has 1 aromatic carbocycles. The van der Waals surface area contributed by atoms with Crippen molar-refractivity contribution in [1.29, 1.82) is 0 Å². The van der Waals surface area contributed by atoms with E-state index in [9.17, 15) is 4.39 Å². The van der Waals surface area contributed by atoms with Crippen LogP contribution in [0.5, 0.6) is 0 Å². The Labute approximate surface area is 102 Å². The standard InChI is InChI=1S/C11H10ClFN2S/c12-7-1-2-8(13)10(5-7)15-6-11-9(14)3-4-16-11/h1-5,15H,6,14H2. The lowest BCUT2D eigenvalue weighted by Crippen LogP contribution is -2.01. The van der Waals surface area contributed by atoms with E-state index in [0.717, 1.165) is 10.6 Å². The van der Waals surface area contributed by atoms with Crippen molar-refractivity contribution in [2.24, 2.45) is 0 Å². The van der Waals surface area contributed by atoms with Crippen molar-refractivity contribution in [1.82, 2.24) is 0 Å². The van der Waals surface area contributed by atoms with Gasteiger partial charge in [0, 0.05) is 15.6 Å². The molecule has 2 aromatic rings. The van der Waals surface area contributed by atoms with Crippen LogP contribution in [0.2, 0.25) is 5.02 Å². The van der Waals surface area contributed by atoms with Crippen LogP contribution in [0.3, 0.4) is 0 Å². The van der Waals surface area contributed by atoms with Gasteiger partial charge in [-0.1, -0.05) is 11.6 Å². The fraction of sp³-hybridized carbons (Fsp3) is 0.0909. The maximum atomic E-state index is 13.3. The first-order chi connectivity index (χ1) is 7.66. The Bertz CT molecular complexity index is 498. The minimum absolute atomic E-state index is 0.320. The van der Waals surface area contributed by atoms with Gasteiger partial charge in [0.25, 0.3) is 0 Å². The van der Waals surface area contributed by atoms with E-state index in [1.165, 1.54) is 23.5 Å². The molecule has 0 atom stereocenters. The molecule has 0 amide bonds. The number of benzene rings is 1. The van der Waals surface area contributed by atoms with E-state index in [0.29, 0.717) is 17.3 Å². The molecule has 0 bridgehead atoms. The number of hydrogen-bond donors (Lipinski definition) is 2.